The largest absolute Gasteiger partial charge is 0.367 e. The number of carbonyl (C=O) groups is 1. The monoisotopic (exact) mass is 435 g/mol. The summed E-state index contributed by atoms with van der Waals surface area (Å²) >= 11 is 6.05. The van der Waals surface area contributed by atoms with Crippen molar-refractivity contribution in [3.05, 3.63) is 68.0 Å². The van der Waals surface area contributed by atoms with Gasteiger partial charge in [-0.15, -0.1) is 0 Å². The number of piperazine rings is 1. The van der Waals surface area contributed by atoms with E-state index in [1.54, 1.807) is 4.90 Å². The summed E-state index contributed by atoms with van der Waals surface area (Å²) in [5.41, 5.74) is -1.28. The highest BCUT2D eigenvalue weighted by atomic mass is 35.5. The molecule has 0 aromatic heterocycles. The predicted molar refractivity (Wildman–Crippen MR) is 92.5 cm³/mol. The van der Waals surface area contributed by atoms with E-state index in [2.05, 4.69) is 0 Å². The summed E-state index contributed by atoms with van der Waals surface area (Å²) in [6, 6.07) is 3.82. The predicted octanol–water partition coefficient (Wildman–Crippen LogP) is 3.91. The number of hydrogen-bond acceptors (Lipinski definition) is 4. The molecule has 2 aromatic carbocycles. The Morgan fingerprint density at radius 1 is 0.931 bits per heavy atom. The first-order chi connectivity index (χ1) is 13.6. The van der Waals surface area contributed by atoms with Gasteiger partial charge in [-0.2, -0.15) is 0 Å². The van der Waals surface area contributed by atoms with Crippen LogP contribution in [0.3, 0.4) is 0 Å². The fourth-order valence-electron chi connectivity index (χ4n) is 2.97. The average Bonchev–Trinajstić information content (AvgIpc) is 2.71. The summed E-state index contributed by atoms with van der Waals surface area (Å²) in [4.78, 5) is 25.1. The number of nitro benzene ring substituents is 1. The molecule has 3 rings (SSSR count). The molecule has 0 N–H and O–H groups in total. The van der Waals surface area contributed by atoms with Crippen LogP contribution in [0.5, 0.6) is 0 Å². The minimum atomic E-state index is -2.34. The normalized spacial score (nSPS) is 14.3. The zero-order valence-electron chi connectivity index (χ0n) is 14.4. The molecular formula is C17H11ClF5N3O3. The van der Waals surface area contributed by atoms with E-state index in [9.17, 15) is 36.9 Å². The fraction of sp³-hybridized carbons (Fsp3) is 0.235. The molecule has 2 aromatic rings. The maximum atomic E-state index is 13.9. The van der Waals surface area contributed by atoms with Crippen molar-refractivity contribution >= 4 is 28.9 Å². The van der Waals surface area contributed by atoms with Gasteiger partial charge >= 0.3 is 0 Å². The Kier molecular flexibility index (Phi) is 5.60. The number of carbonyl (C=O) groups excluding carboxylic acids is 1. The number of anilines is 1. The van der Waals surface area contributed by atoms with Crippen molar-refractivity contribution in [2.45, 2.75) is 0 Å². The molecule has 1 aliphatic heterocycles. The van der Waals surface area contributed by atoms with E-state index < -0.39 is 45.5 Å². The number of benzene rings is 2. The van der Waals surface area contributed by atoms with E-state index in [4.69, 9.17) is 11.6 Å². The van der Waals surface area contributed by atoms with Gasteiger partial charge in [-0.05, 0) is 6.07 Å². The summed E-state index contributed by atoms with van der Waals surface area (Å²) < 4.78 is 67.5. The van der Waals surface area contributed by atoms with Crippen molar-refractivity contribution in [3.8, 4) is 0 Å². The zero-order valence-corrected chi connectivity index (χ0v) is 15.2. The molecule has 0 aliphatic carbocycles. The molecule has 0 bridgehead atoms. The van der Waals surface area contributed by atoms with Gasteiger partial charge in [0.2, 0.25) is 5.82 Å². The van der Waals surface area contributed by atoms with Crippen LogP contribution in [-0.2, 0) is 0 Å². The summed E-state index contributed by atoms with van der Waals surface area (Å²) in [5.74, 6) is -12.4. The minimum absolute atomic E-state index is 0.0916. The fourth-order valence-corrected chi connectivity index (χ4v) is 3.26. The van der Waals surface area contributed by atoms with Gasteiger partial charge in [0.1, 0.15) is 5.56 Å². The van der Waals surface area contributed by atoms with Gasteiger partial charge in [0.05, 0.1) is 15.6 Å². The lowest BCUT2D eigenvalue weighted by molar-refractivity contribution is -0.384. The summed E-state index contributed by atoms with van der Waals surface area (Å²) in [6.45, 7) is 0.0641. The molecule has 1 saturated heterocycles. The summed E-state index contributed by atoms with van der Waals surface area (Å²) in [6.07, 6.45) is 0. The second-order valence-electron chi connectivity index (χ2n) is 6.12. The SMILES string of the molecule is O=C(c1c(F)c(F)c(F)c(F)c1F)N1CCN(c2ccc([N+](=O)[O-])cc2Cl)CC1. The van der Waals surface area contributed by atoms with Crippen LogP contribution >= 0.6 is 11.6 Å². The second-order valence-corrected chi connectivity index (χ2v) is 6.52. The Hall–Kier alpha value is -2.95. The molecule has 1 fully saturated rings. The average molecular weight is 436 g/mol. The highest BCUT2D eigenvalue weighted by Crippen LogP contribution is 2.31. The number of nitrogens with zero attached hydrogens (tertiary/aromatic N) is 3. The molecule has 0 unspecified atom stereocenters. The molecule has 1 heterocycles. The van der Waals surface area contributed by atoms with E-state index in [1.807, 2.05) is 0 Å². The molecule has 0 saturated carbocycles. The number of halogens is 6. The number of hydrogen-bond donors (Lipinski definition) is 0. The van der Waals surface area contributed by atoms with Gasteiger partial charge in [0.15, 0.2) is 23.3 Å². The Labute approximate surface area is 165 Å². The smallest absolute Gasteiger partial charge is 0.271 e. The first-order valence-electron chi connectivity index (χ1n) is 8.13. The molecule has 0 spiro atoms. The number of amides is 1. The van der Waals surface area contributed by atoms with E-state index in [0.29, 0.717) is 5.69 Å². The standard InChI is InChI=1S/C17H11ClF5N3O3/c18-9-7-8(26(28)29)1-2-10(9)24-3-5-25(6-4-24)17(27)11-12(19)14(21)16(23)15(22)13(11)20/h1-2,7H,3-6H2. The lowest BCUT2D eigenvalue weighted by Gasteiger charge is -2.36. The molecular weight excluding hydrogens is 425 g/mol. The van der Waals surface area contributed by atoms with Crippen LogP contribution in [-0.4, -0.2) is 41.9 Å². The Bertz CT molecular complexity index is 983. The molecule has 1 amide bonds. The number of nitro groups is 1. The zero-order chi connectivity index (χ0) is 21.5. The van der Waals surface area contributed by atoms with Gasteiger partial charge in [0, 0.05) is 38.3 Å². The molecule has 1 aliphatic rings. The van der Waals surface area contributed by atoms with Gasteiger partial charge < -0.3 is 9.80 Å². The van der Waals surface area contributed by atoms with Crippen molar-refractivity contribution in [1.82, 2.24) is 4.90 Å². The number of non-ortho nitro benzene ring substituents is 1. The topological polar surface area (TPSA) is 66.7 Å². The minimum Gasteiger partial charge on any atom is -0.367 e. The maximum absolute atomic E-state index is 13.9. The summed E-state index contributed by atoms with van der Waals surface area (Å²) in [5, 5.41) is 10.9. The van der Waals surface area contributed by atoms with Gasteiger partial charge in [0.25, 0.3) is 11.6 Å². The third kappa shape index (κ3) is 3.69. The van der Waals surface area contributed by atoms with E-state index in [0.717, 1.165) is 11.0 Å². The molecule has 154 valence electrons. The Morgan fingerprint density at radius 2 is 1.45 bits per heavy atom. The molecule has 12 heteroatoms. The molecule has 29 heavy (non-hydrogen) atoms. The van der Waals surface area contributed by atoms with Crippen molar-refractivity contribution in [3.63, 3.8) is 0 Å². The number of rotatable bonds is 3. The third-order valence-electron chi connectivity index (χ3n) is 4.47. The van der Waals surface area contributed by atoms with E-state index in [1.165, 1.54) is 12.1 Å². The van der Waals surface area contributed by atoms with Crippen LogP contribution < -0.4 is 4.90 Å². The quantitative estimate of drug-likeness (QED) is 0.241. The first-order valence-corrected chi connectivity index (χ1v) is 8.50. The van der Waals surface area contributed by atoms with Gasteiger partial charge in [-0.3, -0.25) is 14.9 Å². The molecule has 0 atom stereocenters. The Morgan fingerprint density at radius 3 is 1.93 bits per heavy atom. The van der Waals surface area contributed by atoms with Gasteiger partial charge in [-0.25, -0.2) is 22.0 Å². The lowest BCUT2D eigenvalue weighted by Crippen LogP contribution is -2.49. The lowest BCUT2D eigenvalue weighted by atomic mass is 10.1. The Balaban J connectivity index is 1.78. The van der Waals surface area contributed by atoms with Crippen LogP contribution in [0.25, 0.3) is 0 Å². The van der Waals surface area contributed by atoms with Crippen molar-refractivity contribution in [2.24, 2.45) is 0 Å². The highest BCUT2D eigenvalue weighted by Gasteiger charge is 2.33. The molecule has 0 radical (unpaired) electrons. The van der Waals surface area contributed by atoms with Crippen LogP contribution in [0, 0.1) is 39.2 Å². The first kappa shape index (κ1) is 20.8. The van der Waals surface area contributed by atoms with E-state index >= 15 is 0 Å². The van der Waals surface area contributed by atoms with E-state index in [-0.39, 0.29) is 36.9 Å². The highest BCUT2D eigenvalue weighted by molar-refractivity contribution is 6.33. The third-order valence-corrected chi connectivity index (χ3v) is 4.78. The van der Waals surface area contributed by atoms with Crippen molar-refractivity contribution in [2.75, 3.05) is 31.1 Å². The van der Waals surface area contributed by atoms with Crippen LogP contribution in [0.1, 0.15) is 10.4 Å². The van der Waals surface area contributed by atoms with Crippen LogP contribution in [0.15, 0.2) is 18.2 Å². The van der Waals surface area contributed by atoms with Gasteiger partial charge in [-0.1, -0.05) is 11.6 Å². The second kappa shape index (κ2) is 7.82. The maximum Gasteiger partial charge on any atom is 0.271 e. The summed E-state index contributed by atoms with van der Waals surface area (Å²) in [7, 11) is 0. The van der Waals surface area contributed by atoms with Crippen LogP contribution in [0.4, 0.5) is 33.3 Å². The van der Waals surface area contributed by atoms with Crippen molar-refractivity contribution in [1.29, 1.82) is 0 Å². The van der Waals surface area contributed by atoms with Crippen LogP contribution in [0.2, 0.25) is 5.02 Å². The van der Waals surface area contributed by atoms with Crippen molar-refractivity contribution < 1.29 is 31.7 Å². The molecule has 6 nitrogen and oxygen atoms in total.